The van der Waals surface area contributed by atoms with Gasteiger partial charge in [-0.25, -0.2) is 4.98 Å². The predicted octanol–water partition coefficient (Wildman–Crippen LogP) is 2.62. The van der Waals surface area contributed by atoms with E-state index < -0.39 is 0 Å². The number of benzene rings is 2. The highest BCUT2D eigenvalue weighted by atomic mass is 16.3. The summed E-state index contributed by atoms with van der Waals surface area (Å²) in [6.07, 6.45) is 0.167. The molecular formula is C18H12N2O3. The molecule has 0 radical (unpaired) electrons. The third kappa shape index (κ3) is 2.42. The van der Waals surface area contributed by atoms with E-state index in [0.29, 0.717) is 33.5 Å². The standard InChI is InChI=1S/C18H12N2O3/c21-16-10-11(23-17-8-4-1-5-12(16)17)9-15-18(22)20-14-7-3-2-6-13(14)19-15/h1-8,10H,9H2,(H,20,22). The largest absolute Gasteiger partial charge is 0.460 e. The van der Waals surface area contributed by atoms with Crippen molar-refractivity contribution in [2.75, 3.05) is 0 Å². The summed E-state index contributed by atoms with van der Waals surface area (Å²) in [5.74, 6) is 0.419. The second kappa shape index (κ2) is 5.21. The van der Waals surface area contributed by atoms with Crippen LogP contribution in [0.4, 0.5) is 0 Å². The molecule has 0 aliphatic carbocycles. The fraction of sp³-hybridized carbons (Fsp3) is 0.0556. The minimum Gasteiger partial charge on any atom is -0.460 e. The molecule has 0 atom stereocenters. The molecule has 5 nitrogen and oxygen atoms in total. The van der Waals surface area contributed by atoms with Gasteiger partial charge in [-0.15, -0.1) is 0 Å². The lowest BCUT2D eigenvalue weighted by Gasteiger charge is -2.04. The van der Waals surface area contributed by atoms with Crippen LogP contribution in [0.5, 0.6) is 0 Å². The number of rotatable bonds is 2. The van der Waals surface area contributed by atoms with E-state index in [1.165, 1.54) is 6.07 Å². The Balaban J connectivity index is 1.83. The zero-order valence-corrected chi connectivity index (χ0v) is 12.1. The van der Waals surface area contributed by atoms with Gasteiger partial charge < -0.3 is 9.40 Å². The Bertz CT molecular complexity index is 1140. The highest BCUT2D eigenvalue weighted by Crippen LogP contribution is 2.14. The van der Waals surface area contributed by atoms with Gasteiger partial charge in [-0.05, 0) is 24.3 Å². The summed E-state index contributed by atoms with van der Waals surface area (Å²) in [7, 11) is 0. The average molecular weight is 304 g/mol. The van der Waals surface area contributed by atoms with Crippen LogP contribution < -0.4 is 11.0 Å². The van der Waals surface area contributed by atoms with E-state index in [1.54, 1.807) is 30.3 Å². The van der Waals surface area contributed by atoms with Gasteiger partial charge in [0, 0.05) is 6.07 Å². The smallest absolute Gasteiger partial charge is 0.270 e. The van der Waals surface area contributed by atoms with Crippen molar-refractivity contribution in [3.8, 4) is 0 Å². The number of fused-ring (bicyclic) bond motifs is 2. The monoisotopic (exact) mass is 304 g/mol. The normalized spacial score (nSPS) is 11.1. The number of hydrogen-bond acceptors (Lipinski definition) is 4. The fourth-order valence-corrected chi connectivity index (χ4v) is 2.59. The van der Waals surface area contributed by atoms with Gasteiger partial charge in [-0.3, -0.25) is 9.59 Å². The molecule has 112 valence electrons. The summed E-state index contributed by atoms with van der Waals surface area (Å²) in [6.45, 7) is 0. The lowest BCUT2D eigenvalue weighted by molar-refractivity contribution is 0.546. The van der Waals surface area contributed by atoms with Crippen LogP contribution in [-0.4, -0.2) is 9.97 Å². The molecule has 0 fully saturated rings. The third-order valence-corrected chi connectivity index (χ3v) is 3.70. The number of hydrogen-bond donors (Lipinski definition) is 1. The molecule has 0 saturated carbocycles. The minimum atomic E-state index is -0.278. The van der Waals surface area contributed by atoms with Gasteiger partial charge in [0.1, 0.15) is 17.0 Å². The molecule has 0 unspecified atom stereocenters. The molecule has 0 aliphatic heterocycles. The first kappa shape index (κ1) is 13.5. The Morgan fingerprint density at radius 1 is 1.00 bits per heavy atom. The van der Waals surface area contributed by atoms with Crippen molar-refractivity contribution in [2.45, 2.75) is 6.42 Å². The van der Waals surface area contributed by atoms with E-state index in [0.717, 1.165) is 0 Å². The third-order valence-electron chi connectivity index (χ3n) is 3.70. The zero-order chi connectivity index (χ0) is 15.8. The maximum Gasteiger partial charge on any atom is 0.270 e. The van der Waals surface area contributed by atoms with Gasteiger partial charge in [0.25, 0.3) is 5.56 Å². The summed E-state index contributed by atoms with van der Waals surface area (Å²) in [6, 6.07) is 15.8. The van der Waals surface area contributed by atoms with Crippen LogP contribution in [0.15, 0.2) is 68.6 Å². The molecule has 0 aliphatic rings. The predicted molar refractivity (Wildman–Crippen MR) is 87.7 cm³/mol. The molecule has 2 aromatic carbocycles. The minimum absolute atomic E-state index is 0.126. The lowest BCUT2D eigenvalue weighted by Crippen LogP contribution is -2.16. The zero-order valence-electron chi connectivity index (χ0n) is 12.1. The van der Waals surface area contributed by atoms with Crippen molar-refractivity contribution in [1.82, 2.24) is 9.97 Å². The average Bonchev–Trinajstić information content (AvgIpc) is 2.56. The second-order valence-electron chi connectivity index (χ2n) is 5.28. The molecule has 23 heavy (non-hydrogen) atoms. The fourth-order valence-electron chi connectivity index (χ4n) is 2.59. The van der Waals surface area contributed by atoms with Crippen LogP contribution in [0.2, 0.25) is 0 Å². The molecule has 1 N–H and O–H groups in total. The Hall–Kier alpha value is -3.21. The summed E-state index contributed by atoms with van der Waals surface area (Å²) in [4.78, 5) is 31.4. The SMILES string of the molecule is O=c1[nH]c2ccccc2nc1Cc1cc(=O)c2ccccc2o1. The van der Waals surface area contributed by atoms with Crippen LogP contribution in [0.1, 0.15) is 11.5 Å². The number of para-hydroxylation sites is 3. The van der Waals surface area contributed by atoms with Crippen LogP contribution in [0.3, 0.4) is 0 Å². The van der Waals surface area contributed by atoms with Gasteiger partial charge in [0.2, 0.25) is 0 Å². The lowest BCUT2D eigenvalue weighted by atomic mass is 10.2. The van der Waals surface area contributed by atoms with Crippen molar-refractivity contribution in [3.05, 3.63) is 86.6 Å². The summed E-state index contributed by atoms with van der Waals surface area (Å²) in [5.41, 5.74) is 1.80. The van der Waals surface area contributed by atoms with E-state index in [2.05, 4.69) is 9.97 Å². The molecule has 0 bridgehead atoms. The molecule has 4 rings (SSSR count). The first-order valence-electron chi connectivity index (χ1n) is 7.20. The molecule has 0 spiro atoms. The molecule has 0 saturated heterocycles. The Kier molecular flexibility index (Phi) is 3.05. The molecule has 0 amide bonds. The number of H-pyrrole nitrogens is 1. The molecular weight excluding hydrogens is 292 g/mol. The summed E-state index contributed by atoms with van der Waals surface area (Å²) < 4.78 is 5.72. The van der Waals surface area contributed by atoms with Crippen molar-refractivity contribution in [1.29, 1.82) is 0 Å². The van der Waals surface area contributed by atoms with Gasteiger partial charge in [0.15, 0.2) is 5.43 Å². The van der Waals surface area contributed by atoms with Crippen LogP contribution in [0.25, 0.3) is 22.0 Å². The molecule has 2 heterocycles. The number of aromatic amines is 1. The van der Waals surface area contributed by atoms with E-state index in [1.807, 2.05) is 18.2 Å². The van der Waals surface area contributed by atoms with Crippen molar-refractivity contribution >= 4 is 22.0 Å². The van der Waals surface area contributed by atoms with Crippen LogP contribution in [-0.2, 0) is 6.42 Å². The summed E-state index contributed by atoms with van der Waals surface area (Å²) >= 11 is 0. The second-order valence-corrected chi connectivity index (χ2v) is 5.28. The van der Waals surface area contributed by atoms with E-state index in [4.69, 9.17) is 4.42 Å². The Labute approximate surface area is 130 Å². The van der Waals surface area contributed by atoms with Crippen molar-refractivity contribution in [2.24, 2.45) is 0 Å². The number of aromatic nitrogens is 2. The van der Waals surface area contributed by atoms with Gasteiger partial charge in [0.05, 0.1) is 22.8 Å². The first-order chi connectivity index (χ1) is 11.2. The number of nitrogens with one attached hydrogen (secondary N) is 1. The van der Waals surface area contributed by atoms with E-state index in [9.17, 15) is 9.59 Å². The first-order valence-corrected chi connectivity index (χ1v) is 7.20. The van der Waals surface area contributed by atoms with E-state index >= 15 is 0 Å². The molecule has 4 aromatic rings. The van der Waals surface area contributed by atoms with E-state index in [-0.39, 0.29) is 17.4 Å². The van der Waals surface area contributed by atoms with Crippen molar-refractivity contribution < 1.29 is 4.42 Å². The van der Waals surface area contributed by atoms with Gasteiger partial charge >= 0.3 is 0 Å². The van der Waals surface area contributed by atoms with Crippen LogP contribution >= 0.6 is 0 Å². The topological polar surface area (TPSA) is 76.0 Å². The highest BCUT2D eigenvalue weighted by molar-refractivity contribution is 5.76. The Morgan fingerprint density at radius 3 is 2.70 bits per heavy atom. The molecule has 2 aromatic heterocycles. The molecule has 5 heteroatoms. The van der Waals surface area contributed by atoms with Crippen molar-refractivity contribution in [3.63, 3.8) is 0 Å². The number of nitrogens with zero attached hydrogens (tertiary/aromatic N) is 1. The van der Waals surface area contributed by atoms with Gasteiger partial charge in [-0.2, -0.15) is 0 Å². The highest BCUT2D eigenvalue weighted by Gasteiger charge is 2.10. The maximum atomic E-state index is 12.1. The van der Waals surface area contributed by atoms with Crippen LogP contribution in [0, 0.1) is 0 Å². The summed E-state index contributed by atoms with van der Waals surface area (Å²) in [5, 5.41) is 0.525. The van der Waals surface area contributed by atoms with Gasteiger partial charge in [-0.1, -0.05) is 24.3 Å². The Morgan fingerprint density at radius 2 is 1.78 bits per heavy atom. The maximum absolute atomic E-state index is 12.1. The quantitative estimate of drug-likeness (QED) is 0.617.